The Labute approximate surface area is 381 Å². The van der Waals surface area contributed by atoms with Crippen molar-refractivity contribution in [3.63, 3.8) is 0 Å². The van der Waals surface area contributed by atoms with E-state index in [0.717, 1.165) is 25.2 Å². The lowest BCUT2D eigenvalue weighted by Gasteiger charge is -2.30. The zero-order chi connectivity index (χ0) is 48.7. The molecule has 11 N–H and O–H groups in total. The number of rotatable bonds is 23. The van der Waals surface area contributed by atoms with E-state index in [4.69, 9.17) is 26.4 Å². The second kappa shape index (κ2) is 23.8. The Bertz CT molecular complexity index is 2280. The van der Waals surface area contributed by atoms with E-state index in [1.165, 1.54) is 0 Å². The summed E-state index contributed by atoms with van der Waals surface area (Å²) in [5.41, 5.74) is 5.61. The number of carbonyl (C=O) groups is 4. The van der Waals surface area contributed by atoms with Gasteiger partial charge in [-0.15, -0.1) is 0 Å². The number of hydrogen-bond acceptors (Lipinski definition) is 12. The van der Waals surface area contributed by atoms with Gasteiger partial charge in [-0.05, 0) is 69.8 Å². The van der Waals surface area contributed by atoms with Crippen LogP contribution in [0.1, 0.15) is 116 Å². The van der Waals surface area contributed by atoms with Crippen molar-refractivity contribution in [3.05, 3.63) is 59.2 Å². The van der Waals surface area contributed by atoms with E-state index < -0.39 is 82.2 Å². The number of anilines is 4. The van der Waals surface area contributed by atoms with Crippen LogP contribution in [0.2, 0.25) is 0 Å². The zero-order valence-corrected chi connectivity index (χ0v) is 36.6. The number of aromatic nitrogens is 2. The van der Waals surface area contributed by atoms with Gasteiger partial charge in [-0.2, -0.15) is 26.3 Å². The number of alkyl halides is 6. The van der Waals surface area contributed by atoms with Crippen LogP contribution in [0, 0.1) is 5.41 Å². The molecule has 3 heterocycles. The van der Waals surface area contributed by atoms with Crippen LogP contribution < -0.4 is 52.8 Å². The third-order valence-electron chi connectivity index (χ3n) is 10.4. The van der Waals surface area contributed by atoms with E-state index in [-0.39, 0.29) is 41.6 Å². The summed E-state index contributed by atoms with van der Waals surface area (Å²) in [6, 6.07) is 3.47. The van der Waals surface area contributed by atoms with Gasteiger partial charge in [0.25, 0.3) is 11.8 Å². The van der Waals surface area contributed by atoms with Crippen molar-refractivity contribution in [2.45, 2.75) is 109 Å². The average Bonchev–Trinajstić information content (AvgIpc) is 3.75. The van der Waals surface area contributed by atoms with E-state index in [2.05, 4.69) is 46.9 Å². The van der Waals surface area contributed by atoms with Gasteiger partial charge in [-0.1, -0.05) is 19.3 Å². The maximum atomic E-state index is 14.3. The summed E-state index contributed by atoms with van der Waals surface area (Å²) < 4.78 is 97.8. The van der Waals surface area contributed by atoms with Crippen molar-refractivity contribution < 1.29 is 55.0 Å². The van der Waals surface area contributed by atoms with E-state index in [0.29, 0.717) is 108 Å². The number of amidine groups is 2. The van der Waals surface area contributed by atoms with Crippen molar-refractivity contribution in [1.29, 1.82) is 5.41 Å². The van der Waals surface area contributed by atoms with Crippen LogP contribution in [-0.2, 0) is 21.9 Å². The first-order valence-corrected chi connectivity index (χ1v) is 21.7. The largest absolute Gasteiger partial charge is 0.485 e. The van der Waals surface area contributed by atoms with E-state index in [1.54, 1.807) is 6.92 Å². The van der Waals surface area contributed by atoms with Crippen molar-refractivity contribution in [3.8, 4) is 11.5 Å². The molecule has 0 spiro atoms. The highest BCUT2D eigenvalue weighted by molar-refractivity contribution is 6.09. The Morgan fingerprint density at radius 3 is 1.63 bits per heavy atom. The van der Waals surface area contributed by atoms with Crippen molar-refractivity contribution in [2.75, 3.05) is 47.4 Å². The number of amides is 4. The molecule has 4 amide bonds. The van der Waals surface area contributed by atoms with Gasteiger partial charge >= 0.3 is 12.4 Å². The minimum Gasteiger partial charge on any atom is -0.485 e. The Morgan fingerprint density at radius 1 is 0.701 bits per heavy atom. The number of nitrogens with two attached hydrogens (primary N) is 2. The third kappa shape index (κ3) is 16.1. The number of carbonyl (C=O) groups excluding carboxylic acids is 4. The van der Waals surface area contributed by atoms with Gasteiger partial charge in [0, 0.05) is 51.4 Å². The molecule has 2 aromatic carbocycles. The van der Waals surface area contributed by atoms with Gasteiger partial charge in [0.1, 0.15) is 23.8 Å². The molecule has 2 aliphatic rings. The minimum atomic E-state index is -4.95. The molecule has 1 aromatic heterocycles. The van der Waals surface area contributed by atoms with Crippen molar-refractivity contribution >= 4 is 58.0 Å². The van der Waals surface area contributed by atoms with Crippen LogP contribution in [0.5, 0.6) is 11.5 Å². The molecule has 2 atom stereocenters. The highest BCUT2D eigenvalue weighted by Crippen LogP contribution is 2.43. The van der Waals surface area contributed by atoms with Gasteiger partial charge in [-0.3, -0.25) is 34.9 Å². The van der Waals surface area contributed by atoms with Crippen LogP contribution in [0.15, 0.2) is 41.7 Å². The number of nitrogens with zero attached hydrogens (tertiary/aromatic N) is 3. The van der Waals surface area contributed by atoms with E-state index in [9.17, 15) is 45.5 Å². The smallest absolute Gasteiger partial charge is 0.416 e. The molecule has 0 bridgehead atoms. The minimum absolute atomic E-state index is 0.0333. The van der Waals surface area contributed by atoms with Gasteiger partial charge in [0.2, 0.25) is 11.8 Å². The Balaban J connectivity index is 1.39. The molecule has 2 aliphatic heterocycles. The lowest BCUT2D eigenvalue weighted by molar-refractivity contribution is -0.138. The topological polar surface area (TPSA) is 273 Å². The number of benzene rings is 2. The molecule has 2 unspecified atom stereocenters. The standard InChI is InChI=1S/C43H54F6N12O6/c1-24(50)54-14-8-7-11-36(63)59-29-18-26(43(47,48)49)20-31(39(29)67-37-13-16-55-37)61-41(65)33-21-32(56-23-57-33)40(64)60-30-19-25(42(44,45)46)17-28(38(30)66-27-12-15-53-22-27)58-35(62)10-6-4-2-3-5-9-34(51)52/h17-21,23,27,37,53,55H,2-16,22H2,1H3,(H2,50,54)(H3,51,52)(H,58,62)(H,59,63)(H,60,64)(H,61,65). The second-order valence-electron chi connectivity index (χ2n) is 15.9. The highest BCUT2D eigenvalue weighted by Gasteiger charge is 2.36. The maximum Gasteiger partial charge on any atom is 0.416 e. The number of unbranched alkanes of at least 4 members (excludes halogenated alkanes) is 5. The first-order valence-electron chi connectivity index (χ1n) is 21.7. The van der Waals surface area contributed by atoms with Crippen LogP contribution in [-0.4, -0.2) is 83.8 Å². The summed E-state index contributed by atoms with van der Waals surface area (Å²) in [6.07, 6.45) is -5.00. The molecule has 0 saturated carbocycles. The van der Waals surface area contributed by atoms with Gasteiger partial charge in [-0.25, -0.2) is 9.97 Å². The number of hydrogen-bond donors (Lipinski definition) is 9. The molecule has 67 heavy (non-hydrogen) atoms. The second-order valence-corrected chi connectivity index (χ2v) is 15.9. The zero-order valence-electron chi connectivity index (χ0n) is 36.6. The monoisotopic (exact) mass is 948 g/mol. The molecular formula is C43H54F6N12O6. The lowest BCUT2D eigenvalue weighted by atomic mass is 10.1. The van der Waals surface area contributed by atoms with Crippen LogP contribution in [0.3, 0.4) is 0 Å². The van der Waals surface area contributed by atoms with Crippen LogP contribution in [0.4, 0.5) is 49.1 Å². The highest BCUT2D eigenvalue weighted by atomic mass is 19.4. The fourth-order valence-electron chi connectivity index (χ4n) is 6.80. The first-order chi connectivity index (χ1) is 31.8. The molecule has 0 aliphatic carbocycles. The van der Waals surface area contributed by atoms with Crippen LogP contribution >= 0.6 is 0 Å². The summed E-state index contributed by atoms with van der Waals surface area (Å²) in [5.74, 6) is -3.66. The first kappa shape index (κ1) is 51.4. The summed E-state index contributed by atoms with van der Waals surface area (Å²) in [6.45, 7) is 3.31. The summed E-state index contributed by atoms with van der Waals surface area (Å²) in [4.78, 5) is 65.3. The molecule has 2 saturated heterocycles. The fraction of sp³-hybridized carbons (Fsp3) is 0.488. The Morgan fingerprint density at radius 2 is 1.18 bits per heavy atom. The fourth-order valence-corrected chi connectivity index (χ4v) is 6.80. The summed E-state index contributed by atoms with van der Waals surface area (Å²) >= 11 is 0. The maximum absolute atomic E-state index is 14.3. The average molecular weight is 949 g/mol. The molecule has 24 heteroatoms. The Hall–Kier alpha value is -6.56. The molecule has 3 aromatic rings. The SMILES string of the molecule is CC(N)=NCCCCC(=O)Nc1cc(C(F)(F)F)cc(NC(=O)c2cc(C(=O)Nc3cc(C(F)(F)F)cc(NC(=O)CCCCCCCC(=N)N)c3OC3CCNC3)ncn2)c1OC1CCN1. The summed E-state index contributed by atoms with van der Waals surface area (Å²) in [5, 5.41) is 23.0. The quantitative estimate of drug-likeness (QED) is 0.0212. The molecule has 364 valence electrons. The van der Waals surface area contributed by atoms with Crippen LogP contribution in [0.25, 0.3) is 0 Å². The normalized spacial score (nSPS) is 16.1. The predicted octanol–water partition coefficient (Wildman–Crippen LogP) is 6.55. The lowest BCUT2D eigenvalue weighted by Crippen LogP contribution is -2.47. The van der Waals surface area contributed by atoms with Gasteiger partial charge in [0.05, 0.1) is 45.5 Å². The van der Waals surface area contributed by atoms with Gasteiger partial charge in [0.15, 0.2) is 17.7 Å². The summed E-state index contributed by atoms with van der Waals surface area (Å²) in [7, 11) is 0. The predicted molar refractivity (Wildman–Crippen MR) is 237 cm³/mol. The van der Waals surface area contributed by atoms with E-state index in [1.807, 2.05) is 0 Å². The molecule has 18 nitrogen and oxygen atoms in total. The molecular weight excluding hydrogens is 895 g/mol. The van der Waals surface area contributed by atoms with Crippen molar-refractivity contribution in [1.82, 2.24) is 20.6 Å². The number of aliphatic imine (C=N–C) groups is 1. The molecule has 0 radical (unpaired) electrons. The Kier molecular flexibility index (Phi) is 18.2. The number of halogens is 6. The number of nitrogens with one attached hydrogen (secondary N) is 7. The third-order valence-corrected chi connectivity index (χ3v) is 10.4. The van der Waals surface area contributed by atoms with E-state index >= 15 is 0 Å². The molecule has 5 rings (SSSR count). The molecule has 2 fully saturated rings. The number of ether oxygens (including phenoxy) is 2. The van der Waals surface area contributed by atoms with Gasteiger partial charge < -0.3 is 47.5 Å². The van der Waals surface area contributed by atoms with Crippen molar-refractivity contribution in [2.24, 2.45) is 16.5 Å².